The molecule has 1 amide bonds. The zero-order valence-electron chi connectivity index (χ0n) is 11.9. The van der Waals surface area contributed by atoms with Crippen molar-refractivity contribution in [2.75, 3.05) is 44.2 Å². The highest BCUT2D eigenvalue weighted by atomic mass is 32.2. The first-order valence-corrected chi connectivity index (χ1v) is 8.80. The lowest BCUT2D eigenvalue weighted by Gasteiger charge is -2.37. The summed E-state index contributed by atoms with van der Waals surface area (Å²) in [6, 6.07) is 0. The highest BCUT2D eigenvalue weighted by Crippen LogP contribution is 2.25. The lowest BCUT2D eigenvalue weighted by atomic mass is 10.1. The normalized spacial score (nSPS) is 26.6. The van der Waals surface area contributed by atoms with Crippen LogP contribution in [-0.4, -0.2) is 80.7 Å². The largest absolute Gasteiger partial charge is 0.340 e. The second kappa shape index (κ2) is 6.31. The highest BCUT2D eigenvalue weighted by Gasteiger charge is 2.43. The summed E-state index contributed by atoms with van der Waals surface area (Å²) in [6.45, 7) is -0.588. The monoisotopic (exact) mass is 346 g/mol. The minimum atomic E-state index is -4.06. The van der Waals surface area contributed by atoms with E-state index >= 15 is 0 Å². The Bertz CT molecular complexity index is 518. The SMILES string of the molecule is O=C([C@@H]1CCS(=O)(=O)C1)N1CCN(CC(F)(F)C(F)F)CC1. The molecule has 5 nitrogen and oxygen atoms in total. The number of piperazine rings is 1. The number of carbonyl (C=O) groups is 1. The van der Waals surface area contributed by atoms with Crippen LogP contribution in [0.2, 0.25) is 0 Å². The molecule has 2 heterocycles. The lowest BCUT2D eigenvalue weighted by molar-refractivity contribution is -0.149. The van der Waals surface area contributed by atoms with Crippen molar-refractivity contribution in [3.05, 3.63) is 0 Å². The molecule has 0 aromatic heterocycles. The van der Waals surface area contributed by atoms with E-state index in [-0.39, 0.29) is 50.0 Å². The fourth-order valence-electron chi connectivity index (χ4n) is 2.74. The van der Waals surface area contributed by atoms with Crippen molar-refractivity contribution in [2.24, 2.45) is 5.92 Å². The van der Waals surface area contributed by atoms with Crippen LogP contribution in [0.1, 0.15) is 6.42 Å². The number of nitrogens with zero attached hydrogens (tertiary/aromatic N) is 2. The summed E-state index contributed by atoms with van der Waals surface area (Å²) in [6.07, 6.45) is -3.43. The summed E-state index contributed by atoms with van der Waals surface area (Å²) < 4.78 is 73.0. The minimum Gasteiger partial charge on any atom is -0.340 e. The second-order valence-corrected chi connectivity index (χ2v) is 7.99. The Hall–Kier alpha value is -0.900. The molecule has 128 valence electrons. The Balaban J connectivity index is 1.84. The molecule has 0 N–H and O–H groups in total. The van der Waals surface area contributed by atoms with Crippen LogP contribution in [0, 0.1) is 5.92 Å². The first kappa shape index (κ1) is 17.5. The van der Waals surface area contributed by atoms with Gasteiger partial charge in [-0.1, -0.05) is 0 Å². The van der Waals surface area contributed by atoms with Gasteiger partial charge in [-0.15, -0.1) is 0 Å². The molecule has 10 heteroatoms. The van der Waals surface area contributed by atoms with E-state index in [0.29, 0.717) is 0 Å². The maximum atomic E-state index is 13.0. The molecular weight excluding hydrogens is 328 g/mol. The van der Waals surface area contributed by atoms with Crippen LogP contribution in [0.5, 0.6) is 0 Å². The van der Waals surface area contributed by atoms with E-state index in [9.17, 15) is 30.8 Å². The number of sulfone groups is 1. The molecule has 0 aromatic carbocycles. The van der Waals surface area contributed by atoms with Gasteiger partial charge in [-0.3, -0.25) is 9.69 Å². The number of hydrogen-bond donors (Lipinski definition) is 0. The third-order valence-electron chi connectivity index (χ3n) is 4.02. The van der Waals surface area contributed by atoms with E-state index in [0.717, 1.165) is 0 Å². The lowest BCUT2D eigenvalue weighted by Crippen LogP contribution is -2.53. The topological polar surface area (TPSA) is 57.7 Å². The average molecular weight is 346 g/mol. The Morgan fingerprint density at radius 3 is 2.23 bits per heavy atom. The molecule has 0 bridgehead atoms. The summed E-state index contributed by atoms with van der Waals surface area (Å²) in [5.74, 6) is -5.11. The van der Waals surface area contributed by atoms with Gasteiger partial charge in [0.25, 0.3) is 0 Å². The van der Waals surface area contributed by atoms with Crippen molar-refractivity contribution < 1.29 is 30.8 Å². The van der Waals surface area contributed by atoms with Gasteiger partial charge in [0.05, 0.1) is 24.0 Å². The zero-order valence-corrected chi connectivity index (χ0v) is 12.7. The van der Waals surface area contributed by atoms with Crippen molar-refractivity contribution in [3.8, 4) is 0 Å². The molecule has 2 fully saturated rings. The predicted octanol–water partition coefficient (Wildman–Crippen LogP) is 0.466. The smallest absolute Gasteiger partial charge is 0.319 e. The number of rotatable bonds is 4. The van der Waals surface area contributed by atoms with Gasteiger partial charge in [0, 0.05) is 26.2 Å². The van der Waals surface area contributed by atoms with Crippen molar-refractivity contribution in [3.63, 3.8) is 0 Å². The molecule has 0 unspecified atom stereocenters. The number of halogens is 4. The number of carbonyl (C=O) groups excluding carboxylic acids is 1. The van der Waals surface area contributed by atoms with Crippen LogP contribution in [0.25, 0.3) is 0 Å². The van der Waals surface area contributed by atoms with Crippen LogP contribution in [0.15, 0.2) is 0 Å². The average Bonchev–Trinajstić information content (AvgIpc) is 2.78. The summed E-state index contributed by atoms with van der Waals surface area (Å²) in [4.78, 5) is 14.8. The third kappa shape index (κ3) is 4.09. The summed E-state index contributed by atoms with van der Waals surface area (Å²) >= 11 is 0. The van der Waals surface area contributed by atoms with Crippen molar-refractivity contribution in [2.45, 2.75) is 18.8 Å². The van der Waals surface area contributed by atoms with Gasteiger partial charge >= 0.3 is 12.3 Å². The Labute approximate surface area is 126 Å². The van der Waals surface area contributed by atoms with Crippen LogP contribution in [0.3, 0.4) is 0 Å². The van der Waals surface area contributed by atoms with Gasteiger partial charge in [-0.05, 0) is 6.42 Å². The van der Waals surface area contributed by atoms with E-state index in [4.69, 9.17) is 0 Å². The predicted molar refractivity (Wildman–Crippen MR) is 70.7 cm³/mol. The highest BCUT2D eigenvalue weighted by molar-refractivity contribution is 7.91. The van der Waals surface area contributed by atoms with Gasteiger partial charge in [0.1, 0.15) is 0 Å². The molecule has 0 aliphatic carbocycles. The maximum absolute atomic E-state index is 13.0. The van der Waals surface area contributed by atoms with E-state index in [2.05, 4.69) is 0 Å². The molecule has 1 atom stereocenters. The van der Waals surface area contributed by atoms with Gasteiger partial charge in [0.2, 0.25) is 5.91 Å². The Morgan fingerprint density at radius 2 is 1.77 bits per heavy atom. The summed E-state index contributed by atoms with van der Waals surface area (Å²) in [5.41, 5.74) is 0. The van der Waals surface area contributed by atoms with Gasteiger partial charge in [0.15, 0.2) is 9.84 Å². The molecule has 2 aliphatic heterocycles. The Kier molecular flexibility index (Phi) is 5.00. The van der Waals surface area contributed by atoms with Gasteiger partial charge in [-0.2, -0.15) is 8.78 Å². The molecule has 0 radical (unpaired) electrons. The fourth-order valence-corrected chi connectivity index (χ4v) is 4.47. The number of amides is 1. The number of hydrogen-bond acceptors (Lipinski definition) is 4. The van der Waals surface area contributed by atoms with Crippen molar-refractivity contribution >= 4 is 15.7 Å². The quantitative estimate of drug-likeness (QED) is 0.695. The molecule has 0 spiro atoms. The molecule has 22 heavy (non-hydrogen) atoms. The van der Waals surface area contributed by atoms with E-state index in [1.165, 1.54) is 9.80 Å². The molecule has 2 aliphatic rings. The second-order valence-electron chi connectivity index (χ2n) is 5.76. The van der Waals surface area contributed by atoms with Crippen LogP contribution in [0.4, 0.5) is 17.6 Å². The molecule has 2 rings (SSSR count). The standard InChI is InChI=1S/C12H18F4N2O3S/c13-11(14)12(15,16)8-17-2-4-18(5-3-17)10(19)9-1-6-22(20,21)7-9/h9,11H,1-8H2/t9-/m1/s1. The summed E-state index contributed by atoms with van der Waals surface area (Å²) in [7, 11) is -3.16. The molecular formula is C12H18F4N2O3S. The Morgan fingerprint density at radius 1 is 1.18 bits per heavy atom. The maximum Gasteiger partial charge on any atom is 0.319 e. The molecule has 2 saturated heterocycles. The molecule has 0 aromatic rings. The van der Waals surface area contributed by atoms with Crippen molar-refractivity contribution in [1.82, 2.24) is 9.80 Å². The van der Waals surface area contributed by atoms with Crippen LogP contribution >= 0.6 is 0 Å². The van der Waals surface area contributed by atoms with E-state index in [1.807, 2.05) is 0 Å². The van der Waals surface area contributed by atoms with Gasteiger partial charge < -0.3 is 4.90 Å². The van der Waals surface area contributed by atoms with E-state index in [1.54, 1.807) is 0 Å². The fraction of sp³-hybridized carbons (Fsp3) is 0.917. The number of alkyl halides is 4. The summed E-state index contributed by atoms with van der Waals surface area (Å²) in [5, 5.41) is 0. The van der Waals surface area contributed by atoms with Gasteiger partial charge in [-0.25, -0.2) is 17.2 Å². The first-order valence-electron chi connectivity index (χ1n) is 6.98. The van der Waals surface area contributed by atoms with E-state index < -0.39 is 34.6 Å². The van der Waals surface area contributed by atoms with Crippen LogP contribution < -0.4 is 0 Å². The van der Waals surface area contributed by atoms with Crippen molar-refractivity contribution in [1.29, 1.82) is 0 Å². The van der Waals surface area contributed by atoms with Crippen LogP contribution in [-0.2, 0) is 14.6 Å². The minimum absolute atomic E-state index is 0.00994. The molecule has 0 saturated carbocycles. The first-order chi connectivity index (χ1) is 10.1. The zero-order chi connectivity index (χ0) is 16.5. The third-order valence-corrected chi connectivity index (χ3v) is 5.79.